The van der Waals surface area contributed by atoms with Crippen LogP contribution in [0.4, 0.5) is 11.6 Å². The smallest absolute Gasteiger partial charge is 0.130 e. The molecule has 1 atom stereocenters. The van der Waals surface area contributed by atoms with E-state index in [9.17, 15) is 0 Å². The van der Waals surface area contributed by atoms with Gasteiger partial charge in [0.1, 0.15) is 17.5 Å². The van der Waals surface area contributed by atoms with Gasteiger partial charge >= 0.3 is 0 Å². The fraction of sp³-hybridized carbons (Fsp3) is 0.471. The third-order valence-corrected chi connectivity index (χ3v) is 4.32. The van der Waals surface area contributed by atoms with Gasteiger partial charge in [0.15, 0.2) is 0 Å². The number of likely N-dealkylation sites (tertiary alicyclic amines) is 1. The van der Waals surface area contributed by atoms with Crippen molar-refractivity contribution in [3.8, 4) is 0 Å². The highest BCUT2D eigenvalue weighted by atomic mass is 15.2. The number of hydrogen-bond acceptors (Lipinski definition) is 6. The minimum absolute atomic E-state index is 0.341. The third-order valence-electron chi connectivity index (χ3n) is 4.32. The Bertz CT molecular complexity index is 672. The second-order valence-electron chi connectivity index (χ2n) is 5.86. The van der Waals surface area contributed by atoms with Crippen molar-refractivity contribution in [3.05, 3.63) is 41.5 Å². The maximum atomic E-state index is 4.67. The Morgan fingerprint density at radius 1 is 1.26 bits per heavy atom. The van der Waals surface area contributed by atoms with Crippen LogP contribution in [0.2, 0.25) is 0 Å². The van der Waals surface area contributed by atoms with Crippen LogP contribution in [0.25, 0.3) is 0 Å². The molecule has 6 nitrogen and oxygen atoms in total. The first-order valence-electron chi connectivity index (χ1n) is 8.10. The fourth-order valence-corrected chi connectivity index (χ4v) is 3.25. The standard InChI is InChI=1S/C17H24N6/c1-12-21-14(10-16(18-2)22-12)15-7-5-9-23(15)11-13-6-4-8-20-17(13)19-3/h4,6,8,10,15H,5,7,9,11H2,1-3H3,(H,19,20)(H,18,21,22). The highest BCUT2D eigenvalue weighted by molar-refractivity contribution is 5.43. The zero-order valence-corrected chi connectivity index (χ0v) is 14.0. The molecule has 3 rings (SSSR count). The van der Waals surface area contributed by atoms with Crippen LogP contribution in [0.3, 0.4) is 0 Å². The summed E-state index contributed by atoms with van der Waals surface area (Å²) in [5.41, 5.74) is 2.33. The van der Waals surface area contributed by atoms with Crippen LogP contribution in [0.1, 0.15) is 36.0 Å². The molecule has 23 heavy (non-hydrogen) atoms. The normalized spacial score (nSPS) is 18.1. The molecule has 1 saturated heterocycles. The molecule has 1 unspecified atom stereocenters. The van der Waals surface area contributed by atoms with Gasteiger partial charge in [0, 0.05) is 38.5 Å². The molecule has 0 spiro atoms. The van der Waals surface area contributed by atoms with Crippen LogP contribution in [0.5, 0.6) is 0 Å². The molecular formula is C17H24N6. The SMILES string of the molecule is CNc1cc(C2CCCN2Cc2cccnc2NC)nc(C)n1. The van der Waals surface area contributed by atoms with Gasteiger partial charge < -0.3 is 10.6 Å². The van der Waals surface area contributed by atoms with Gasteiger partial charge in [-0.15, -0.1) is 0 Å². The van der Waals surface area contributed by atoms with E-state index in [-0.39, 0.29) is 0 Å². The zero-order valence-electron chi connectivity index (χ0n) is 14.0. The van der Waals surface area contributed by atoms with Gasteiger partial charge in [-0.25, -0.2) is 15.0 Å². The number of rotatable bonds is 5. The Morgan fingerprint density at radius 3 is 2.91 bits per heavy atom. The molecule has 0 amide bonds. The summed E-state index contributed by atoms with van der Waals surface area (Å²) in [5.74, 6) is 2.65. The van der Waals surface area contributed by atoms with E-state index in [1.165, 1.54) is 12.0 Å². The van der Waals surface area contributed by atoms with E-state index >= 15 is 0 Å². The van der Waals surface area contributed by atoms with Crippen molar-refractivity contribution in [1.82, 2.24) is 19.9 Å². The second-order valence-corrected chi connectivity index (χ2v) is 5.86. The lowest BCUT2D eigenvalue weighted by atomic mass is 10.1. The number of nitrogens with one attached hydrogen (secondary N) is 2. The van der Waals surface area contributed by atoms with E-state index in [0.717, 1.165) is 42.7 Å². The number of aryl methyl sites for hydroxylation is 1. The molecule has 0 bridgehead atoms. The second kappa shape index (κ2) is 6.91. The monoisotopic (exact) mass is 312 g/mol. The van der Waals surface area contributed by atoms with Crippen LogP contribution in [-0.4, -0.2) is 40.5 Å². The largest absolute Gasteiger partial charge is 0.373 e. The Morgan fingerprint density at radius 2 is 2.13 bits per heavy atom. The first-order valence-corrected chi connectivity index (χ1v) is 8.10. The average Bonchev–Trinajstić information content (AvgIpc) is 3.03. The molecular weight excluding hydrogens is 288 g/mol. The van der Waals surface area contributed by atoms with Crippen LogP contribution in [0.15, 0.2) is 24.4 Å². The number of nitrogens with zero attached hydrogens (tertiary/aromatic N) is 4. The summed E-state index contributed by atoms with van der Waals surface area (Å²) >= 11 is 0. The number of anilines is 2. The molecule has 2 aromatic heterocycles. The summed E-state index contributed by atoms with van der Waals surface area (Å²) in [7, 11) is 3.81. The Hall–Kier alpha value is -2.21. The molecule has 0 aliphatic carbocycles. The maximum absolute atomic E-state index is 4.67. The van der Waals surface area contributed by atoms with E-state index in [1.807, 2.05) is 33.3 Å². The van der Waals surface area contributed by atoms with E-state index in [2.05, 4.69) is 42.6 Å². The van der Waals surface area contributed by atoms with E-state index in [4.69, 9.17) is 0 Å². The highest BCUT2D eigenvalue weighted by Crippen LogP contribution is 2.33. The summed E-state index contributed by atoms with van der Waals surface area (Å²) in [6.45, 7) is 3.91. The van der Waals surface area contributed by atoms with Crippen molar-refractivity contribution < 1.29 is 0 Å². The van der Waals surface area contributed by atoms with Gasteiger partial charge in [0.05, 0.1) is 11.7 Å². The van der Waals surface area contributed by atoms with Gasteiger partial charge in [-0.2, -0.15) is 0 Å². The van der Waals surface area contributed by atoms with Crippen molar-refractivity contribution in [2.24, 2.45) is 0 Å². The topological polar surface area (TPSA) is 66.0 Å². The molecule has 1 fully saturated rings. The van der Waals surface area contributed by atoms with Gasteiger partial charge in [-0.05, 0) is 32.4 Å². The molecule has 2 aromatic rings. The number of pyridine rings is 1. The molecule has 1 aliphatic rings. The molecule has 2 N–H and O–H groups in total. The molecule has 122 valence electrons. The van der Waals surface area contributed by atoms with E-state index in [0.29, 0.717) is 6.04 Å². The van der Waals surface area contributed by atoms with Crippen molar-refractivity contribution >= 4 is 11.6 Å². The summed E-state index contributed by atoms with van der Waals surface area (Å²) in [6.07, 6.45) is 4.15. The predicted molar refractivity (Wildman–Crippen MR) is 92.5 cm³/mol. The van der Waals surface area contributed by atoms with Crippen molar-refractivity contribution in [2.45, 2.75) is 32.4 Å². The van der Waals surface area contributed by atoms with Crippen molar-refractivity contribution in [3.63, 3.8) is 0 Å². The van der Waals surface area contributed by atoms with Crippen LogP contribution < -0.4 is 10.6 Å². The number of aromatic nitrogens is 3. The van der Waals surface area contributed by atoms with Crippen LogP contribution in [0, 0.1) is 6.92 Å². The molecule has 1 aliphatic heterocycles. The average molecular weight is 312 g/mol. The molecule has 0 radical (unpaired) electrons. The van der Waals surface area contributed by atoms with Crippen molar-refractivity contribution in [2.75, 3.05) is 31.3 Å². The quantitative estimate of drug-likeness (QED) is 0.884. The fourth-order valence-electron chi connectivity index (χ4n) is 3.25. The van der Waals surface area contributed by atoms with Crippen LogP contribution >= 0.6 is 0 Å². The maximum Gasteiger partial charge on any atom is 0.130 e. The molecule has 6 heteroatoms. The molecule has 0 saturated carbocycles. The summed E-state index contributed by atoms with van der Waals surface area (Å²) in [6, 6.07) is 6.54. The lowest BCUT2D eigenvalue weighted by Crippen LogP contribution is -2.24. The first kappa shape index (κ1) is 15.7. The lowest BCUT2D eigenvalue weighted by Gasteiger charge is -2.25. The summed E-state index contributed by atoms with van der Waals surface area (Å²) in [5, 5.41) is 6.30. The summed E-state index contributed by atoms with van der Waals surface area (Å²) in [4.78, 5) is 16.0. The van der Waals surface area contributed by atoms with Crippen LogP contribution in [-0.2, 0) is 6.54 Å². The lowest BCUT2D eigenvalue weighted by molar-refractivity contribution is 0.244. The molecule has 0 aromatic carbocycles. The van der Waals surface area contributed by atoms with E-state index in [1.54, 1.807) is 0 Å². The first-order chi connectivity index (χ1) is 11.2. The van der Waals surface area contributed by atoms with Gasteiger partial charge in [0.2, 0.25) is 0 Å². The number of hydrogen-bond donors (Lipinski definition) is 2. The highest BCUT2D eigenvalue weighted by Gasteiger charge is 2.28. The Labute approximate surface area is 137 Å². The van der Waals surface area contributed by atoms with E-state index < -0.39 is 0 Å². The third kappa shape index (κ3) is 3.42. The minimum atomic E-state index is 0.341. The molecule has 3 heterocycles. The minimum Gasteiger partial charge on any atom is -0.373 e. The Kier molecular flexibility index (Phi) is 4.71. The van der Waals surface area contributed by atoms with Gasteiger partial charge in [-0.3, -0.25) is 4.90 Å². The zero-order chi connectivity index (χ0) is 16.2. The summed E-state index contributed by atoms with van der Waals surface area (Å²) < 4.78 is 0. The van der Waals surface area contributed by atoms with Gasteiger partial charge in [0.25, 0.3) is 0 Å². The van der Waals surface area contributed by atoms with Crippen molar-refractivity contribution in [1.29, 1.82) is 0 Å². The van der Waals surface area contributed by atoms with Gasteiger partial charge in [-0.1, -0.05) is 6.07 Å². The predicted octanol–water partition coefficient (Wildman–Crippen LogP) is 2.60. The Balaban J connectivity index is 1.84.